The van der Waals surface area contributed by atoms with Crippen LogP contribution in [-0.2, 0) is 20.9 Å². The average Bonchev–Trinajstić information content (AvgIpc) is 2.74. The summed E-state index contributed by atoms with van der Waals surface area (Å²) in [5.74, 6) is -0.863. The summed E-state index contributed by atoms with van der Waals surface area (Å²) < 4.78 is 20.6. The lowest BCUT2D eigenvalue weighted by Gasteiger charge is -2.05. The number of thiazole rings is 1. The number of aromatic nitrogens is 1. The second kappa shape index (κ2) is 7.50. The zero-order valence-corrected chi connectivity index (χ0v) is 14.2. The summed E-state index contributed by atoms with van der Waals surface area (Å²) in [6, 6.07) is 4.26. The molecular weight excluding hydrogens is 319 g/mol. The number of rotatable bonds is 5. The van der Waals surface area contributed by atoms with Crippen LogP contribution in [0.15, 0.2) is 23.2 Å². The molecule has 0 bridgehead atoms. The number of benzene rings is 1. The van der Waals surface area contributed by atoms with Gasteiger partial charge in [0.2, 0.25) is 5.91 Å². The minimum Gasteiger partial charge on any atom is -0.465 e. The van der Waals surface area contributed by atoms with E-state index in [0.29, 0.717) is 21.4 Å². The molecule has 0 N–H and O–H groups in total. The predicted octanol–water partition coefficient (Wildman–Crippen LogP) is 2.88. The number of amides is 1. The van der Waals surface area contributed by atoms with Crippen molar-refractivity contribution in [3.8, 4) is 0 Å². The van der Waals surface area contributed by atoms with Gasteiger partial charge in [-0.1, -0.05) is 25.2 Å². The lowest BCUT2D eigenvalue weighted by molar-refractivity contribution is -0.143. The highest BCUT2D eigenvalue weighted by Gasteiger charge is 2.13. The summed E-state index contributed by atoms with van der Waals surface area (Å²) in [5, 5.41) is 0. The van der Waals surface area contributed by atoms with Crippen LogP contribution in [0.3, 0.4) is 0 Å². The Morgan fingerprint density at radius 3 is 2.78 bits per heavy atom. The highest BCUT2D eigenvalue weighted by atomic mass is 32.1. The van der Waals surface area contributed by atoms with Gasteiger partial charge in [0.25, 0.3) is 0 Å². The van der Waals surface area contributed by atoms with E-state index in [1.807, 2.05) is 13.8 Å². The molecule has 0 saturated heterocycles. The van der Waals surface area contributed by atoms with Gasteiger partial charge in [-0.2, -0.15) is 4.99 Å². The van der Waals surface area contributed by atoms with Gasteiger partial charge in [-0.15, -0.1) is 0 Å². The number of ether oxygens (including phenoxy) is 1. The summed E-state index contributed by atoms with van der Waals surface area (Å²) in [4.78, 5) is 28.2. The zero-order valence-electron chi connectivity index (χ0n) is 13.3. The highest BCUT2D eigenvalue weighted by molar-refractivity contribution is 7.16. The van der Waals surface area contributed by atoms with Crippen LogP contribution >= 0.6 is 11.3 Å². The molecule has 0 unspecified atom stereocenters. The van der Waals surface area contributed by atoms with Crippen LogP contribution in [0, 0.1) is 11.7 Å². The van der Waals surface area contributed by atoms with Crippen LogP contribution in [0.4, 0.5) is 4.39 Å². The number of esters is 1. The molecule has 124 valence electrons. The molecule has 0 aliphatic rings. The first-order valence-corrected chi connectivity index (χ1v) is 8.24. The maximum atomic E-state index is 13.4. The van der Waals surface area contributed by atoms with E-state index < -0.39 is 5.97 Å². The molecule has 0 atom stereocenters. The molecule has 0 aliphatic carbocycles. The minimum atomic E-state index is -0.422. The molecule has 0 aliphatic heterocycles. The molecule has 0 fully saturated rings. The van der Waals surface area contributed by atoms with Gasteiger partial charge in [-0.3, -0.25) is 9.59 Å². The van der Waals surface area contributed by atoms with Crippen molar-refractivity contribution < 1.29 is 18.7 Å². The molecule has 5 nitrogen and oxygen atoms in total. The van der Waals surface area contributed by atoms with Crippen molar-refractivity contribution in [3.05, 3.63) is 28.8 Å². The molecule has 0 saturated carbocycles. The fraction of sp³-hybridized carbons (Fsp3) is 0.438. The van der Waals surface area contributed by atoms with E-state index >= 15 is 0 Å². The van der Waals surface area contributed by atoms with Crippen LogP contribution in [-0.4, -0.2) is 23.1 Å². The third-order valence-electron chi connectivity index (χ3n) is 3.04. The number of carbonyl (C=O) groups excluding carboxylic acids is 2. The van der Waals surface area contributed by atoms with Gasteiger partial charge in [-0.05, 0) is 31.0 Å². The summed E-state index contributed by atoms with van der Waals surface area (Å²) in [6.45, 7) is 5.80. The predicted molar refractivity (Wildman–Crippen MR) is 86.4 cm³/mol. The van der Waals surface area contributed by atoms with Crippen LogP contribution in [0.2, 0.25) is 0 Å². The quantitative estimate of drug-likeness (QED) is 0.788. The molecule has 23 heavy (non-hydrogen) atoms. The van der Waals surface area contributed by atoms with Crippen molar-refractivity contribution in [2.24, 2.45) is 10.9 Å². The van der Waals surface area contributed by atoms with E-state index in [2.05, 4.69) is 4.99 Å². The summed E-state index contributed by atoms with van der Waals surface area (Å²) in [6.07, 6.45) is 0.321. The van der Waals surface area contributed by atoms with Crippen LogP contribution in [0.5, 0.6) is 0 Å². The molecule has 0 spiro atoms. The number of carbonyl (C=O) groups is 2. The van der Waals surface area contributed by atoms with Gasteiger partial charge in [0, 0.05) is 6.42 Å². The van der Waals surface area contributed by atoms with Gasteiger partial charge in [0.05, 0.1) is 16.8 Å². The molecule has 2 aromatic rings. The van der Waals surface area contributed by atoms with Crippen molar-refractivity contribution in [2.75, 3.05) is 6.61 Å². The average molecular weight is 338 g/mol. The van der Waals surface area contributed by atoms with Crippen LogP contribution in [0.25, 0.3) is 10.2 Å². The van der Waals surface area contributed by atoms with Crippen molar-refractivity contribution in [2.45, 2.75) is 33.7 Å². The molecule has 0 radical (unpaired) electrons. The maximum Gasteiger partial charge on any atom is 0.326 e. The highest BCUT2D eigenvalue weighted by Crippen LogP contribution is 2.19. The number of nitrogens with zero attached hydrogens (tertiary/aromatic N) is 2. The summed E-state index contributed by atoms with van der Waals surface area (Å²) in [5.41, 5.74) is 0.653. The largest absolute Gasteiger partial charge is 0.465 e. The molecule has 7 heteroatoms. The van der Waals surface area contributed by atoms with Gasteiger partial charge < -0.3 is 9.30 Å². The number of halogens is 1. The molecule has 1 aromatic carbocycles. The smallest absolute Gasteiger partial charge is 0.326 e. The normalized spacial score (nSPS) is 12.1. The third-order valence-corrected chi connectivity index (χ3v) is 4.08. The van der Waals surface area contributed by atoms with Crippen LogP contribution in [0.1, 0.15) is 27.2 Å². The van der Waals surface area contributed by atoms with Crippen LogP contribution < -0.4 is 4.80 Å². The van der Waals surface area contributed by atoms with E-state index in [0.717, 1.165) is 0 Å². The first kappa shape index (κ1) is 17.3. The van der Waals surface area contributed by atoms with Crippen molar-refractivity contribution in [1.82, 2.24) is 4.57 Å². The number of hydrogen-bond donors (Lipinski definition) is 0. The minimum absolute atomic E-state index is 0.0622. The second-order valence-electron chi connectivity index (χ2n) is 5.49. The Kier molecular flexibility index (Phi) is 5.65. The third kappa shape index (κ3) is 4.48. The zero-order chi connectivity index (χ0) is 17.0. The Labute approximate surface area is 137 Å². The molecule has 1 amide bonds. The van der Waals surface area contributed by atoms with Gasteiger partial charge in [-0.25, -0.2) is 4.39 Å². The summed E-state index contributed by atoms with van der Waals surface area (Å²) >= 11 is 1.18. The van der Waals surface area contributed by atoms with Crippen molar-refractivity contribution in [1.29, 1.82) is 0 Å². The summed E-state index contributed by atoms with van der Waals surface area (Å²) in [7, 11) is 0. The Hall–Kier alpha value is -2.02. The van der Waals surface area contributed by atoms with Gasteiger partial charge in [0.15, 0.2) is 4.80 Å². The number of hydrogen-bond acceptors (Lipinski definition) is 4. The van der Waals surface area contributed by atoms with Gasteiger partial charge in [0.1, 0.15) is 12.4 Å². The van der Waals surface area contributed by atoms with E-state index in [-0.39, 0.29) is 30.8 Å². The first-order chi connectivity index (χ1) is 10.9. The van der Waals surface area contributed by atoms with Crippen molar-refractivity contribution in [3.63, 3.8) is 0 Å². The van der Waals surface area contributed by atoms with E-state index in [1.54, 1.807) is 17.6 Å². The van der Waals surface area contributed by atoms with Crippen molar-refractivity contribution >= 4 is 33.4 Å². The molecule has 2 rings (SSSR count). The monoisotopic (exact) mass is 338 g/mol. The lowest BCUT2D eigenvalue weighted by Crippen LogP contribution is -2.23. The molecule has 1 aromatic heterocycles. The standard InChI is InChI=1S/C16H19FN2O3S/c1-4-22-15(21)9-19-12-6-5-11(17)8-13(12)23-16(19)18-14(20)7-10(2)3/h5-6,8,10H,4,7,9H2,1-3H3. The lowest BCUT2D eigenvalue weighted by atomic mass is 10.1. The second-order valence-corrected chi connectivity index (χ2v) is 6.50. The Balaban J connectivity index is 2.51. The Bertz CT molecular complexity index is 792. The fourth-order valence-electron chi connectivity index (χ4n) is 2.12. The van der Waals surface area contributed by atoms with E-state index in [4.69, 9.17) is 4.74 Å². The molecule has 1 heterocycles. The van der Waals surface area contributed by atoms with Gasteiger partial charge >= 0.3 is 5.97 Å². The fourth-order valence-corrected chi connectivity index (χ4v) is 3.19. The number of fused-ring (bicyclic) bond motifs is 1. The maximum absolute atomic E-state index is 13.4. The first-order valence-electron chi connectivity index (χ1n) is 7.42. The topological polar surface area (TPSA) is 60.7 Å². The SMILES string of the molecule is CCOC(=O)Cn1c(=NC(=O)CC(C)C)sc2cc(F)ccc21. The van der Waals surface area contributed by atoms with E-state index in [9.17, 15) is 14.0 Å². The van der Waals surface area contributed by atoms with E-state index in [1.165, 1.54) is 23.5 Å². The Morgan fingerprint density at radius 2 is 2.13 bits per heavy atom. The Morgan fingerprint density at radius 1 is 1.39 bits per heavy atom. The molecular formula is C16H19FN2O3S.